The molecule has 5 nitrogen and oxygen atoms in total. The van der Waals surface area contributed by atoms with E-state index in [9.17, 15) is 0 Å². The first-order chi connectivity index (χ1) is 8.60. The molecule has 0 amide bonds. The Bertz CT molecular complexity index is 368. The maximum Gasteiger partial charge on any atom is 0.130 e. The van der Waals surface area contributed by atoms with Crippen molar-refractivity contribution in [1.82, 2.24) is 15.1 Å². The highest BCUT2D eigenvalue weighted by molar-refractivity contribution is 6.30. The van der Waals surface area contributed by atoms with Gasteiger partial charge in [-0.05, 0) is 20.4 Å². The maximum absolute atomic E-state index is 6.21. The van der Waals surface area contributed by atoms with Gasteiger partial charge in [-0.25, -0.2) is 0 Å². The average molecular weight is 276 g/mol. The van der Waals surface area contributed by atoms with E-state index in [1.807, 2.05) is 21.0 Å². The summed E-state index contributed by atoms with van der Waals surface area (Å²) in [5.74, 6) is 0. The second kappa shape index (κ2) is 7.74. The minimum atomic E-state index is 0.224. The number of aryl methyl sites for hydroxylation is 2. The smallest absolute Gasteiger partial charge is 0.130 e. The van der Waals surface area contributed by atoms with E-state index >= 15 is 0 Å². The number of nitrogens with zero attached hydrogens (tertiary/aromatic N) is 2. The van der Waals surface area contributed by atoms with Gasteiger partial charge in [0, 0.05) is 25.8 Å². The minimum absolute atomic E-state index is 0.224. The topological polar surface area (TPSA) is 48.3 Å². The van der Waals surface area contributed by atoms with Crippen molar-refractivity contribution in [3.63, 3.8) is 0 Å². The summed E-state index contributed by atoms with van der Waals surface area (Å²) < 4.78 is 12.2. The average Bonchev–Trinajstić information content (AvgIpc) is 2.59. The first-order valence-electron chi connectivity index (χ1n) is 6.02. The van der Waals surface area contributed by atoms with Gasteiger partial charge in [0.25, 0.3) is 0 Å². The van der Waals surface area contributed by atoms with Crippen LogP contribution in [-0.4, -0.2) is 49.8 Å². The number of halogens is 1. The van der Waals surface area contributed by atoms with E-state index in [1.54, 1.807) is 11.8 Å². The molecule has 0 aromatic carbocycles. The molecule has 0 fully saturated rings. The van der Waals surface area contributed by atoms with Gasteiger partial charge in [-0.1, -0.05) is 11.6 Å². The SMILES string of the molecule is CNC(COCCOC)Cc1c(C)nn(C)c1Cl. The number of hydrogen-bond acceptors (Lipinski definition) is 4. The monoisotopic (exact) mass is 275 g/mol. The van der Waals surface area contributed by atoms with Crippen molar-refractivity contribution in [2.45, 2.75) is 19.4 Å². The Labute approximate surface area is 113 Å². The van der Waals surface area contributed by atoms with Crippen LogP contribution in [-0.2, 0) is 22.9 Å². The number of rotatable bonds is 8. The fourth-order valence-corrected chi connectivity index (χ4v) is 2.02. The molecule has 0 bridgehead atoms. The van der Waals surface area contributed by atoms with E-state index in [0.717, 1.165) is 17.7 Å². The third-order valence-electron chi connectivity index (χ3n) is 2.88. The summed E-state index contributed by atoms with van der Waals surface area (Å²) in [6, 6.07) is 0.224. The van der Waals surface area contributed by atoms with Crippen molar-refractivity contribution < 1.29 is 9.47 Å². The van der Waals surface area contributed by atoms with Crippen LogP contribution in [0.25, 0.3) is 0 Å². The van der Waals surface area contributed by atoms with Crippen molar-refractivity contribution in [3.8, 4) is 0 Å². The van der Waals surface area contributed by atoms with Crippen molar-refractivity contribution >= 4 is 11.6 Å². The van der Waals surface area contributed by atoms with Crippen LogP contribution >= 0.6 is 11.6 Å². The van der Waals surface area contributed by atoms with Crippen molar-refractivity contribution in [2.24, 2.45) is 7.05 Å². The van der Waals surface area contributed by atoms with Crippen LogP contribution in [0, 0.1) is 6.92 Å². The zero-order valence-corrected chi connectivity index (χ0v) is 12.3. The van der Waals surface area contributed by atoms with Gasteiger partial charge >= 0.3 is 0 Å². The van der Waals surface area contributed by atoms with Crippen molar-refractivity contribution in [2.75, 3.05) is 34.0 Å². The van der Waals surface area contributed by atoms with Crippen LogP contribution in [0.4, 0.5) is 0 Å². The molecule has 1 unspecified atom stereocenters. The number of hydrogen-bond donors (Lipinski definition) is 1. The predicted octanol–water partition coefficient (Wildman–Crippen LogP) is 1.18. The zero-order valence-electron chi connectivity index (χ0n) is 11.5. The van der Waals surface area contributed by atoms with E-state index in [4.69, 9.17) is 21.1 Å². The van der Waals surface area contributed by atoms with Crippen LogP contribution in [0.3, 0.4) is 0 Å². The molecule has 0 spiro atoms. The van der Waals surface area contributed by atoms with Gasteiger partial charge in [-0.15, -0.1) is 0 Å². The van der Waals surface area contributed by atoms with Gasteiger partial charge in [0.15, 0.2) is 0 Å². The lowest BCUT2D eigenvalue weighted by atomic mass is 10.1. The quantitative estimate of drug-likeness (QED) is 0.724. The van der Waals surface area contributed by atoms with E-state index in [1.165, 1.54) is 0 Å². The van der Waals surface area contributed by atoms with Crippen LogP contribution in [0.15, 0.2) is 0 Å². The Morgan fingerprint density at radius 3 is 2.67 bits per heavy atom. The molecule has 0 saturated heterocycles. The molecule has 1 rings (SSSR count). The molecule has 0 aliphatic heterocycles. The predicted molar refractivity (Wildman–Crippen MR) is 72.2 cm³/mol. The highest BCUT2D eigenvalue weighted by Gasteiger charge is 2.16. The summed E-state index contributed by atoms with van der Waals surface area (Å²) in [7, 11) is 5.43. The number of nitrogens with one attached hydrogen (secondary N) is 1. The normalized spacial score (nSPS) is 12.9. The highest BCUT2D eigenvalue weighted by atomic mass is 35.5. The first-order valence-corrected chi connectivity index (χ1v) is 6.39. The Kier molecular flexibility index (Phi) is 6.63. The van der Waals surface area contributed by atoms with Crippen LogP contribution in [0.2, 0.25) is 5.15 Å². The summed E-state index contributed by atoms with van der Waals surface area (Å²) in [6.07, 6.45) is 0.808. The molecule has 0 aliphatic carbocycles. The van der Waals surface area contributed by atoms with Crippen LogP contribution in [0.1, 0.15) is 11.3 Å². The summed E-state index contributed by atoms with van der Waals surface area (Å²) in [5, 5.41) is 8.23. The minimum Gasteiger partial charge on any atom is -0.382 e. The third-order valence-corrected chi connectivity index (χ3v) is 3.35. The fourth-order valence-electron chi connectivity index (χ4n) is 1.76. The van der Waals surface area contributed by atoms with E-state index < -0.39 is 0 Å². The molecule has 1 atom stereocenters. The lowest BCUT2D eigenvalue weighted by molar-refractivity contribution is 0.0597. The molecule has 1 aromatic heterocycles. The largest absolute Gasteiger partial charge is 0.382 e. The molecule has 104 valence electrons. The van der Waals surface area contributed by atoms with E-state index in [-0.39, 0.29) is 6.04 Å². The summed E-state index contributed by atoms with van der Waals surface area (Å²) in [5.41, 5.74) is 2.05. The molecule has 18 heavy (non-hydrogen) atoms. The van der Waals surface area contributed by atoms with E-state index in [2.05, 4.69) is 10.4 Å². The summed E-state index contributed by atoms with van der Waals surface area (Å²) >= 11 is 6.21. The first kappa shape index (κ1) is 15.4. The lowest BCUT2D eigenvalue weighted by Gasteiger charge is -2.16. The molecular formula is C12H22ClN3O2. The molecule has 0 radical (unpaired) electrons. The molecule has 1 heterocycles. The van der Waals surface area contributed by atoms with Crippen molar-refractivity contribution in [3.05, 3.63) is 16.4 Å². The number of ether oxygens (including phenoxy) is 2. The zero-order chi connectivity index (χ0) is 13.5. The Morgan fingerprint density at radius 2 is 2.17 bits per heavy atom. The third kappa shape index (κ3) is 4.24. The van der Waals surface area contributed by atoms with Crippen molar-refractivity contribution in [1.29, 1.82) is 0 Å². The standard InChI is InChI=1S/C12H22ClN3O2/c1-9-11(12(13)16(3)15-9)7-10(14-2)8-18-6-5-17-4/h10,14H,5-8H2,1-4H3. The van der Waals surface area contributed by atoms with Crippen LogP contribution < -0.4 is 5.32 Å². The maximum atomic E-state index is 6.21. The summed E-state index contributed by atoms with van der Waals surface area (Å²) in [6.45, 7) is 3.82. The van der Waals surface area contributed by atoms with E-state index in [0.29, 0.717) is 25.0 Å². The number of likely N-dealkylation sites (N-methyl/N-ethyl adjacent to an activating group) is 1. The molecule has 0 saturated carbocycles. The molecular weight excluding hydrogens is 254 g/mol. The number of aromatic nitrogens is 2. The van der Waals surface area contributed by atoms with Gasteiger partial charge < -0.3 is 14.8 Å². The fraction of sp³-hybridized carbons (Fsp3) is 0.750. The molecule has 1 aromatic rings. The second-order valence-electron chi connectivity index (χ2n) is 4.24. The van der Waals surface area contributed by atoms with Gasteiger partial charge in [-0.3, -0.25) is 4.68 Å². The van der Waals surface area contributed by atoms with Gasteiger partial charge in [0.05, 0.1) is 25.5 Å². The lowest BCUT2D eigenvalue weighted by Crippen LogP contribution is -2.33. The Morgan fingerprint density at radius 1 is 1.44 bits per heavy atom. The van der Waals surface area contributed by atoms with Crippen LogP contribution in [0.5, 0.6) is 0 Å². The van der Waals surface area contributed by atoms with Gasteiger partial charge in [0.2, 0.25) is 0 Å². The highest BCUT2D eigenvalue weighted by Crippen LogP contribution is 2.20. The molecule has 6 heteroatoms. The Hall–Kier alpha value is -0.620. The second-order valence-corrected chi connectivity index (χ2v) is 4.59. The molecule has 0 aliphatic rings. The van der Waals surface area contributed by atoms with Gasteiger partial charge in [0.1, 0.15) is 5.15 Å². The summed E-state index contributed by atoms with van der Waals surface area (Å²) in [4.78, 5) is 0. The Balaban J connectivity index is 2.51. The molecule has 1 N–H and O–H groups in total. The number of methoxy groups -OCH3 is 1. The van der Waals surface area contributed by atoms with Gasteiger partial charge in [-0.2, -0.15) is 5.10 Å².